The number of methoxy groups -OCH3 is 2. The number of rotatable bonds is 44. The Kier molecular flexibility index (Phi) is 43.2. The lowest BCUT2D eigenvalue weighted by Gasteiger charge is -2.42. The van der Waals surface area contributed by atoms with Crippen molar-refractivity contribution in [2.45, 2.75) is 231 Å². The molecule has 3 fully saturated rings. The number of carbonyl (C=O) groups is 6. The van der Waals surface area contributed by atoms with Gasteiger partial charge in [0.2, 0.25) is 11.7 Å². The minimum Gasteiger partial charge on any atom is -0.459 e. The van der Waals surface area contributed by atoms with E-state index in [0.29, 0.717) is 219 Å². The number of aromatic amines is 1. The predicted octanol–water partition coefficient (Wildman–Crippen LogP) is 7.24. The Bertz CT molecular complexity index is 4250. The van der Waals surface area contributed by atoms with Crippen molar-refractivity contribution < 1.29 is 106 Å². The fourth-order valence-corrected chi connectivity index (χ4v) is 16.2. The van der Waals surface area contributed by atoms with E-state index in [1.807, 2.05) is 73.4 Å². The van der Waals surface area contributed by atoms with Crippen LogP contribution in [0.4, 0.5) is 5.82 Å². The molecule has 4 aliphatic rings. The van der Waals surface area contributed by atoms with Gasteiger partial charge in [-0.05, 0) is 145 Å². The zero-order valence-electron chi connectivity index (χ0n) is 74.4. The molecule has 0 radical (unpaired) electrons. The first kappa shape index (κ1) is 101. The number of cyclic esters (lactones) is 1. The third-order valence-corrected chi connectivity index (χ3v) is 23.6. The van der Waals surface area contributed by atoms with Gasteiger partial charge in [0.05, 0.1) is 148 Å². The summed E-state index contributed by atoms with van der Waals surface area (Å²) in [6, 6.07) is 1.84. The van der Waals surface area contributed by atoms with Gasteiger partial charge in [-0.15, -0.1) is 5.10 Å². The number of nitrogen functional groups attached to an aromatic ring is 1. The zero-order valence-corrected chi connectivity index (χ0v) is 74.4. The van der Waals surface area contributed by atoms with Gasteiger partial charge in [0.15, 0.2) is 11.4 Å². The second kappa shape index (κ2) is 53.7. The Balaban J connectivity index is 0.583. The lowest BCUT2D eigenvalue weighted by Crippen LogP contribution is -2.61. The highest BCUT2D eigenvalue weighted by molar-refractivity contribution is 6.39. The molecular weight excluding hydrogens is 1620 g/mol. The number of amides is 2. The number of esters is 1. The number of aliphatic hydroxyl groups excluding tert-OH is 2. The maximum Gasteiger partial charge on any atom is 0.329 e. The number of allylic oxidation sites excluding steroid dienone is 6. The number of aliphatic hydroxyl groups is 3. The number of aryl methyl sites for hydroxylation is 2. The molecule has 5 aromatic rings. The molecular formula is C90H137N13O22. The molecule has 3 aliphatic heterocycles. The second-order valence-electron chi connectivity index (χ2n) is 33.2. The number of anilines is 1. The molecule has 9 rings (SSSR count). The number of unbranched alkanes of at least 4 members (excludes halogenated alkanes) is 2. The molecule has 1 aliphatic carbocycles. The van der Waals surface area contributed by atoms with Crippen molar-refractivity contribution >= 4 is 63.0 Å². The molecule has 0 aromatic carbocycles. The van der Waals surface area contributed by atoms with Crippen LogP contribution in [0, 0.1) is 29.6 Å². The molecule has 0 spiro atoms. The zero-order chi connectivity index (χ0) is 89.5. The maximum absolute atomic E-state index is 14.7. The third kappa shape index (κ3) is 32.0. The molecule has 35 heteroatoms. The van der Waals surface area contributed by atoms with Gasteiger partial charge >= 0.3 is 5.97 Å². The summed E-state index contributed by atoms with van der Waals surface area (Å²) in [6.45, 7) is 19.2. The highest BCUT2D eigenvalue weighted by Gasteiger charge is 2.53. The maximum atomic E-state index is 14.7. The van der Waals surface area contributed by atoms with Gasteiger partial charge in [-0.3, -0.25) is 24.0 Å². The molecule has 2 bridgehead atoms. The van der Waals surface area contributed by atoms with Crippen LogP contribution >= 0.6 is 0 Å². The summed E-state index contributed by atoms with van der Waals surface area (Å²) in [5, 5.41) is 52.7. The van der Waals surface area contributed by atoms with Crippen LogP contribution in [-0.2, 0) is 110 Å². The molecule has 125 heavy (non-hydrogen) atoms. The van der Waals surface area contributed by atoms with Gasteiger partial charge in [-0.25, -0.2) is 29.1 Å². The van der Waals surface area contributed by atoms with Gasteiger partial charge in [-0.1, -0.05) is 69.4 Å². The summed E-state index contributed by atoms with van der Waals surface area (Å²) in [6.07, 6.45) is 20.4. The Labute approximate surface area is 733 Å². The number of nitrogens with two attached hydrogens (primary N) is 2. The van der Waals surface area contributed by atoms with Crippen molar-refractivity contribution in [2.24, 2.45) is 35.3 Å². The molecule has 1 saturated carbocycles. The van der Waals surface area contributed by atoms with Crippen molar-refractivity contribution in [3.8, 4) is 11.3 Å². The van der Waals surface area contributed by atoms with Crippen LogP contribution in [-0.4, -0.2) is 300 Å². The minimum absolute atomic E-state index is 0.0265. The first-order valence-electron chi connectivity index (χ1n) is 44.7. The van der Waals surface area contributed by atoms with Crippen LogP contribution in [0.25, 0.3) is 33.3 Å². The number of hydrogen-bond donors (Lipinski definition) is 7. The standard InChI is InChI=1S/C90H137N13O22/c1-60-18-10-9-11-19-61(2)75(113-7)55-70-24-22-65(6)90(112,125-70)84(109)88(110)102-30-15-12-21-72(102)89(111)124-76(56-73(104)62(3)51-64(5)82(107)83(108)81(106)63(4)50-60)71(91)52-66-23-25-74(77(53-66)114-8)123-33-17-13-20-69-58-101(100-98-69)32-35-116-37-39-118-41-43-120-45-47-122-49-48-121-46-44-119-42-40-117-38-36-115-34-27-78(105)93-28-14-16-31-103-87-79(85(92)96-59-97-87)80(99-103)68-54-67-26-29-94-86(67)95-57-68/h9-11,18-19,26,29,51,54,57-60,62-63,65-66,70-72,74-77,82-83,107-108,112H,12-17,20-25,27-28,30-50,52-53,55-56,91H2,1-8H3,(H,93,105)(H,94,95)(H2,92,96,97)/b11-9?,18-10+,61-19?,64-51+/t60-,62-,63-,65-,66+,70+,71-,72+,74-,75+,76+,77-,82-,83+,90-/m1/s1. The summed E-state index contributed by atoms with van der Waals surface area (Å²) < 4.78 is 79.4. The summed E-state index contributed by atoms with van der Waals surface area (Å²) in [5.41, 5.74) is 18.2. The van der Waals surface area contributed by atoms with E-state index >= 15 is 0 Å². The normalized spacial score (nSPS) is 26.1. The number of piperidine rings is 1. The van der Waals surface area contributed by atoms with Crippen LogP contribution in [0.3, 0.4) is 0 Å². The number of H-pyrrole nitrogens is 1. The SMILES string of the molecule is CO[C@H]1C[C@@H]2CC[C@@H](C)[C@@](O)(O2)C(=O)C(=O)N2CCCC[C@H]2C(=O)O[C@H]([C@H](N)C[C@@H]2CC[C@@H](OCCCCc3cn(CCOCCOCCOCCOCCOCCOCCOCCOCCC(=O)NCCCCn4nc(-c5cnc6[nH]ccc6c5)c5c(N)ncnc54)nn3)[C@H](OC)C2)CC(=O)[C@H](C)/C=C(\C)[C@@H](O)[C@@H](O)C(=O)[C@H](C)C[C@H](C)/C=C/C=CC=C1C. The highest BCUT2D eigenvalue weighted by atomic mass is 16.6. The first-order valence-corrected chi connectivity index (χ1v) is 44.7. The average molecular weight is 1750 g/mol. The number of ketones is 3. The lowest BCUT2D eigenvalue weighted by molar-refractivity contribution is -0.265. The van der Waals surface area contributed by atoms with E-state index in [0.717, 1.165) is 58.4 Å². The van der Waals surface area contributed by atoms with E-state index in [2.05, 4.69) is 35.6 Å². The van der Waals surface area contributed by atoms with Gasteiger partial charge in [0.1, 0.15) is 53.6 Å². The minimum atomic E-state index is -2.49. The summed E-state index contributed by atoms with van der Waals surface area (Å²) in [5.74, 6) is -8.61. The summed E-state index contributed by atoms with van der Waals surface area (Å²) in [4.78, 5) is 101. The number of ether oxygens (including phenoxy) is 13. The smallest absolute Gasteiger partial charge is 0.329 e. The number of hydrogen-bond acceptors (Lipinski definition) is 30. The van der Waals surface area contributed by atoms with Crippen LogP contribution in [0.1, 0.15) is 156 Å². The van der Waals surface area contributed by atoms with Gasteiger partial charge < -0.3 is 104 Å². The number of pyridine rings is 1. The van der Waals surface area contributed by atoms with Crippen molar-refractivity contribution in [1.29, 1.82) is 0 Å². The number of fused-ring (bicyclic) bond motifs is 5. The molecule has 2 saturated heterocycles. The third-order valence-electron chi connectivity index (χ3n) is 23.6. The summed E-state index contributed by atoms with van der Waals surface area (Å²) in [7, 11) is 3.20. The first-order chi connectivity index (χ1) is 60.5. The van der Waals surface area contributed by atoms with Crippen molar-refractivity contribution in [1.82, 2.24) is 54.9 Å². The summed E-state index contributed by atoms with van der Waals surface area (Å²) >= 11 is 0. The van der Waals surface area contributed by atoms with E-state index in [9.17, 15) is 44.1 Å². The fourth-order valence-electron chi connectivity index (χ4n) is 16.2. The quantitative estimate of drug-likeness (QED) is 0.00874. The highest BCUT2D eigenvalue weighted by Crippen LogP contribution is 2.39. The number of nitrogens with zero attached hydrogens (tertiary/aromatic N) is 9. The molecule has 35 nitrogen and oxygen atoms in total. The van der Waals surface area contributed by atoms with Crippen LogP contribution < -0.4 is 16.8 Å². The van der Waals surface area contributed by atoms with Crippen molar-refractivity contribution in [3.05, 3.63) is 90.3 Å². The molecule has 15 atom stereocenters. The van der Waals surface area contributed by atoms with Gasteiger partial charge in [0.25, 0.3) is 11.7 Å². The second-order valence-corrected chi connectivity index (χ2v) is 33.2. The van der Waals surface area contributed by atoms with Gasteiger partial charge in [-0.2, -0.15) is 5.10 Å². The number of aromatic nitrogens is 9. The number of carbonyl (C=O) groups excluding carboxylic acids is 6. The fraction of sp³-hybridized carbons (Fsp3) is 0.689. The van der Waals surface area contributed by atoms with Crippen LogP contribution in [0.5, 0.6) is 0 Å². The number of Topliss-reactive ketones (excluding diaryl/α,β-unsaturated/α-hetero) is 3. The lowest BCUT2D eigenvalue weighted by atomic mass is 9.80. The number of nitrogens with one attached hydrogen (secondary N) is 2. The van der Waals surface area contributed by atoms with E-state index in [1.165, 1.54) is 19.3 Å². The van der Waals surface area contributed by atoms with E-state index in [1.54, 1.807) is 45.9 Å². The van der Waals surface area contributed by atoms with Gasteiger partial charge in [0, 0.05) is 113 Å². The Morgan fingerprint density at radius 3 is 2.10 bits per heavy atom. The molecule has 694 valence electrons. The van der Waals surface area contributed by atoms with E-state index in [4.69, 9.17) is 78.1 Å². The molecule has 0 unspecified atom stereocenters. The van der Waals surface area contributed by atoms with Crippen LogP contribution in [0.2, 0.25) is 0 Å². The van der Waals surface area contributed by atoms with E-state index in [-0.39, 0.29) is 67.8 Å². The van der Waals surface area contributed by atoms with Crippen molar-refractivity contribution in [2.75, 3.05) is 145 Å². The largest absolute Gasteiger partial charge is 0.459 e. The Hall–Kier alpha value is -8.08. The predicted molar refractivity (Wildman–Crippen MR) is 464 cm³/mol. The Morgan fingerprint density at radius 1 is 0.728 bits per heavy atom. The average Bonchev–Trinajstić information content (AvgIpc) is 1.69. The van der Waals surface area contributed by atoms with E-state index < -0.39 is 95.4 Å². The topological polar surface area (TPSA) is 453 Å². The van der Waals surface area contributed by atoms with Crippen LogP contribution in [0.15, 0.2) is 84.7 Å². The molecule has 5 aromatic heterocycles. The molecule has 2 amide bonds. The molecule has 9 N–H and O–H groups in total. The molecule has 8 heterocycles. The Morgan fingerprint density at radius 2 is 1.42 bits per heavy atom. The van der Waals surface area contributed by atoms with Crippen molar-refractivity contribution in [3.63, 3.8) is 0 Å². The monoisotopic (exact) mass is 1750 g/mol.